The molecule has 202 valence electrons. The maximum absolute atomic E-state index is 14.8. The molecule has 1 fully saturated rings. The lowest BCUT2D eigenvalue weighted by Gasteiger charge is -2.37. The van der Waals surface area contributed by atoms with E-state index in [1.807, 2.05) is 65.6 Å². The van der Waals surface area contributed by atoms with Gasteiger partial charge in [-0.3, -0.25) is 14.4 Å². The average Bonchev–Trinajstić information content (AvgIpc) is 3.49. The van der Waals surface area contributed by atoms with E-state index in [0.717, 1.165) is 21.3 Å². The number of hydrogen-bond acceptors (Lipinski definition) is 5. The van der Waals surface area contributed by atoms with Crippen LogP contribution in [0.25, 0.3) is 6.08 Å². The number of fused-ring (bicyclic) bond motifs is 6. The average molecular weight is 605 g/mol. The number of carbonyl (C=O) groups excluding carboxylic acids is 3. The molecule has 0 unspecified atom stereocenters. The molecular formula is C34H25BrN2O4. The molecule has 3 aliphatic rings. The number of Topliss-reactive ketones (excluding diaryl/α,β-unsaturated/α-hetero) is 2. The summed E-state index contributed by atoms with van der Waals surface area (Å²) in [4.78, 5) is 45.9. The van der Waals surface area contributed by atoms with Gasteiger partial charge in [-0.25, -0.2) is 0 Å². The summed E-state index contributed by atoms with van der Waals surface area (Å²) in [6.07, 6.45) is 3.97. The molecule has 0 radical (unpaired) electrons. The Morgan fingerprint density at radius 1 is 0.878 bits per heavy atom. The van der Waals surface area contributed by atoms with Crippen LogP contribution < -0.4 is 15.0 Å². The van der Waals surface area contributed by atoms with E-state index in [1.165, 1.54) is 0 Å². The van der Waals surface area contributed by atoms with Gasteiger partial charge in [-0.05, 0) is 47.5 Å². The van der Waals surface area contributed by atoms with Gasteiger partial charge in [0.25, 0.3) is 0 Å². The van der Waals surface area contributed by atoms with Gasteiger partial charge >= 0.3 is 0 Å². The number of ketones is 2. The van der Waals surface area contributed by atoms with Crippen molar-refractivity contribution in [3.63, 3.8) is 0 Å². The number of benzene rings is 4. The van der Waals surface area contributed by atoms with Gasteiger partial charge in [-0.1, -0.05) is 88.7 Å². The van der Waals surface area contributed by atoms with Crippen LogP contribution in [0, 0.1) is 5.92 Å². The molecule has 0 bridgehead atoms. The first-order valence-corrected chi connectivity index (χ1v) is 14.2. The first kappa shape index (κ1) is 25.5. The third-order valence-electron chi connectivity index (χ3n) is 8.58. The maximum atomic E-state index is 14.8. The first-order valence-electron chi connectivity index (χ1n) is 13.4. The zero-order valence-corrected chi connectivity index (χ0v) is 23.7. The smallest absolute Gasteiger partial charge is 0.238 e. The molecule has 3 heterocycles. The van der Waals surface area contributed by atoms with E-state index in [9.17, 15) is 14.4 Å². The number of amides is 1. The molecular weight excluding hydrogens is 580 g/mol. The van der Waals surface area contributed by atoms with Crippen molar-refractivity contribution in [2.45, 2.75) is 17.5 Å². The van der Waals surface area contributed by atoms with Gasteiger partial charge in [0.05, 0.1) is 19.1 Å². The fourth-order valence-corrected chi connectivity index (χ4v) is 7.12. The summed E-state index contributed by atoms with van der Waals surface area (Å²) >= 11 is 3.46. The van der Waals surface area contributed by atoms with Crippen molar-refractivity contribution in [1.82, 2.24) is 0 Å². The van der Waals surface area contributed by atoms with Crippen LogP contribution in [-0.2, 0) is 10.2 Å². The number of nitrogens with zero attached hydrogens (tertiary/aromatic N) is 1. The van der Waals surface area contributed by atoms with Crippen LogP contribution in [0.1, 0.15) is 31.8 Å². The highest BCUT2D eigenvalue weighted by Crippen LogP contribution is 2.58. The van der Waals surface area contributed by atoms with Crippen LogP contribution >= 0.6 is 15.9 Å². The monoisotopic (exact) mass is 604 g/mol. The summed E-state index contributed by atoms with van der Waals surface area (Å²) in [5, 5.41) is 3.06. The van der Waals surface area contributed by atoms with Crippen molar-refractivity contribution in [3.05, 3.63) is 130 Å². The minimum atomic E-state index is -1.34. The molecule has 41 heavy (non-hydrogen) atoms. The van der Waals surface area contributed by atoms with Crippen molar-refractivity contribution in [2.24, 2.45) is 5.92 Å². The number of para-hydroxylation sites is 2. The SMILES string of the molecule is COc1cccc(C(=O)[C@@H]2[C@@H](C(=O)c3ccc(Br)cc3)[C@]3(C(=O)Nc4ccccc43)[C@H]3C=Cc4ccccc4N23)c1. The van der Waals surface area contributed by atoms with E-state index >= 15 is 0 Å². The molecule has 7 rings (SSSR count). The van der Waals surface area contributed by atoms with Gasteiger partial charge < -0.3 is 15.0 Å². The Labute approximate surface area is 245 Å². The van der Waals surface area contributed by atoms with E-state index in [4.69, 9.17) is 4.74 Å². The third-order valence-corrected chi connectivity index (χ3v) is 9.10. The van der Waals surface area contributed by atoms with Gasteiger partial charge in [0, 0.05) is 27.0 Å². The lowest BCUT2D eigenvalue weighted by atomic mass is 9.64. The molecule has 0 aromatic heterocycles. The first-order chi connectivity index (χ1) is 19.9. The number of halogens is 1. The highest BCUT2D eigenvalue weighted by Gasteiger charge is 2.70. The zero-order valence-electron chi connectivity index (χ0n) is 22.1. The van der Waals surface area contributed by atoms with Gasteiger partial charge in [-0.2, -0.15) is 0 Å². The fraction of sp³-hybridized carbons (Fsp3) is 0.147. The molecule has 3 aliphatic heterocycles. The minimum Gasteiger partial charge on any atom is -0.497 e. The summed E-state index contributed by atoms with van der Waals surface area (Å²) in [5.41, 5.74) is 2.62. The van der Waals surface area contributed by atoms with E-state index in [0.29, 0.717) is 22.6 Å². The summed E-state index contributed by atoms with van der Waals surface area (Å²) in [6.45, 7) is 0. The molecule has 1 amide bonds. The van der Waals surface area contributed by atoms with Crippen molar-refractivity contribution in [2.75, 3.05) is 17.3 Å². The van der Waals surface area contributed by atoms with Crippen molar-refractivity contribution >= 4 is 50.9 Å². The number of carbonyl (C=O) groups is 3. The quantitative estimate of drug-likeness (QED) is 0.270. The standard InChI is InChI=1S/C34H25BrN2O4/c1-41-24-9-6-8-22(19-24)32(39)30-29(31(38)21-13-16-23(35)17-14-21)34(25-10-3-4-11-26(25)36-33(34)40)28-18-15-20-7-2-5-12-27(20)37(28)30/h2-19,28-30H,1H3,(H,36,40)/t28-,29+,30+,34-/m1/s1. The lowest BCUT2D eigenvalue weighted by Crippen LogP contribution is -2.51. The summed E-state index contributed by atoms with van der Waals surface area (Å²) < 4.78 is 6.26. The number of anilines is 2. The van der Waals surface area contributed by atoms with E-state index < -0.39 is 23.4 Å². The molecule has 4 aromatic carbocycles. The Hall–Kier alpha value is -4.49. The maximum Gasteiger partial charge on any atom is 0.238 e. The lowest BCUT2D eigenvalue weighted by molar-refractivity contribution is -0.121. The second kappa shape index (κ2) is 9.56. The van der Waals surface area contributed by atoms with Crippen LogP contribution in [0.15, 0.2) is 108 Å². The Kier molecular flexibility index (Phi) is 5.94. The fourth-order valence-electron chi connectivity index (χ4n) is 6.86. The van der Waals surface area contributed by atoms with Crippen LogP contribution in [0.4, 0.5) is 11.4 Å². The number of methoxy groups -OCH3 is 1. The van der Waals surface area contributed by atoms with E-state index in [1.54, 1.807) is 55.6 Å². The number of rotatable bonds is 5. The zero-order chi connectivity index (χ0) is 28.3. The molecule has 0 aliphatic carbocycles. The predicted molar refractivity (Wildman–Crippen MR) is 162 cm³/mol. The Balaban J connectivity index is 1.53. The van der Waals surface area contributed by atoms with Crippen LogP contribution in [0.5, 0.6) is 5.75 Å². The minimum absolute atomic E-state index is 0.247. The van der Waals surface area contributed by atoms with E-state index in [-0.39, 0.29) is 17.5 Å². The van der Waals surface area contributed by atoms with Crippen LogP contribution in [0.3, 0.4) is 0 Å². The van der Waals surface area contributed by atoms with E-state index in [2.05, 4.69) is 21.2 Å². The van der Waals surface area contributed by atoms with Gasteiger partial charge in [-0.15, -0.1) is 0 Å². The second-order valence-corrected chi connectivity index (χ2v) is 11.4. The van der Waals surface area contributed by atoms with Crippen LogP contribution in [0.2, 0.25) is 0 Å². The molecule has 4 atom stereocenters. The topological polar surface area (TPSA) is 75.7 Å². The summed E-state index contributed by atoms with van der Waals surface area (Å²) in [7, 11) is 1.55. The molecule has 7 heteroatoms. The molecule has 0 saturated carbocycles. The highest BCUT2D eigenvalue weighted by atomic mass is 79.9. The third kappa shape index (κ3) is 3.65. The van der Waals surface area contributed by atoms with Crippen molar-refractivity contribution < 1.29 is 19.1 Å². The van der Waals surface area contributed by atoms with Gasteiger partial charge in [0.15, 0.2) is 11.6 Å². The molecule has 1 spiro atoms. The number of ether oxygens (including phenoxy) is 1. The number of hydrogen-bond donors (Lipinski definition) is 1. The second-order valence-electron chi connectivity index (χ2n) is 10.5. The molecule has 1 saturated heterocycles. The Bertz CT molecular complexity index is 1760. The largest absolute Gasteiger partial charge is 0.497 e. The number of nitrogens with one attached hydrogen (secondary N) is 1. The predicted octanol–water partition coefficient (Wildman–Crippen LogP) is 6.31. The Morgan fingerprint density at radius 2 is 1.63 bits per heavy atom. The van der Waals surface area contributed by atoms with Crippen LogP contribution in [-0.4, -0.2) is 36.7 Å². The van der Waals surface area contributed by atoms with Gasteiger partial charge in [0.1, 0.15) is 17.2 Å². The summed E-state index contributed by atoms with van der Waals surface area (Å²) in [5.74, 6) is -1.27. The molecule has 4 aromatic rings. The van der Waals surface area contributed by atoms with Gasteiger partial charge in [0.2, 0.25) is 5.91 Å². The summed E-state index contributed by atoms with van der Waals surface area (Å²) in [6, 6.07) is 27.8. The Morgan fingerprint density at radius 3 is 2.44 bits per heavy atom. The molecule has 6 nitrogen and oxygen atoms in total. The van der Waals surface area contributed by atoms with Crippen molar-refractivity contribution in [1.29, 1.82) is 0 Å². The molecule has 1 N–H and O–H groups in total. The normalized spacial score (nSPS) is 23.5. The highest BCUT2D eigenvalue weighted by molar-refractivity contribution is 9.10. The van der Waals surface area contributed by atoms with Crippen molar-refractivity contribution in [3.8, 4) is 5.75 Å².